The van der Waals surface area contributed by atoms with Gasteiger partial charge in [0.2, 0.25) is 0 Å². The SMILES string of the molecule is CCC(N)C(CO)SCCOC. The quantitative estimate of drug-likeness (QED) is 0.577. The molecule has 0 bridgehead atoms. The summed E-state index contributed by atoms with van der Waals surface area (Å²) in [7, 11) is 1.67. The van der Waals surface area contributed by atoms with Gasteiger partial charge in [-0.3, -0.25) is 0 Å². The molecule has 4 heteroatoms. The highest BCUT2D eigenvalue weighted by molar-refractivity contribution is 8.00. The van der Waals surface area contributed by atoms with Crippen molar-refractivity contribution < 1.29 is 9.84 Å². The van der Waals surface area contributed by atoms with E-state index in [0.717, 1.165) is 18.8 Å². The fourth-order valence-corrected chi connectivity index (χ4v) is 1.97. The topological polar surface area (TPSA) is 55.5 Å². The minimum Gasteiger partial charge on any atom is -0.395 e. The van der Waals surface area contributed by atoms with Crippen LogP contribution in [-0.2, 0) is 4.74 Å². The maximum atomic E-state index is 8.99. The Balaban J connectivity index is 3.52. The lowest BCUT2D eigenvalue weighted by atomic mass is 10.2. The molecule has 0 aliphatic heterocycles. The Kier molecular flexibility index (Phi) is 8.01. The van der Waals surface area contributed by atoms with E-state index in [1.54, 1.807) is 18.9 Å². The van der Waals surface area contributed by atoms with Crippen LogP contribution >= 0.6 is 11.8 Å². The van der Waals surface area contributed by atoms with Crippen LogP contribution in [0, 0.1) is 0 Å². The number of hydrogen-bond donors (Lipinski definition) is 2. The van der Waals surface area contributed by atoms with Gasteiger partial charge in [0.15, 0.2) is 0 Å². The van der Waals surface area contributed by atoms with Crippen molar-refractivity contribution in [3.05, 3.63) is 0 Å². The molecule has 0 saturated heterocycles. The number of thioether (sulfide) groups is 1. The minimum absolute atomic E-state index is 0.0943. The Labute approximate surface area is 78.7 Å². The molecular formula is C8H19NO2S. The highest BCUT2D eigenvalue weighted by Gasteiger charge is 2.14. The van der Waals surface area contributed by atoms with Gasteiger partial charge in [-0.2, -0.15) is 11.8 Å². The van der Waals surface area contributed by atoms with Crippen LogP contribution in [0.4, 0.5) is 0 Å². The van der Waals surface area contributed by atoms with E-state index in [1.807, 2.05) is 6.92 Å². The second kappa shape index (κ2) is 7.86. The second-order valence-electron chi connectivity index (χ2n) is 2.66. The molecule has 0 spiro atoms. The molecule has 0 aliphatic rings. The summed E-state index contributed by atoms with van der Waals surface area (Å²) in [6.45, 7) is 2.91. The van der Waals surface area contributed by atoms with E-state index in [9.17, 15) is 0 Å². The highest BCUT2D eigenvalue weighted by Crippen LogP contribution is 2.14. The Morgan fingerprint density at radius 3 is 2.67 bits per heavy atom. The van der Waals surface area contributed by atoms with Gasteiger partial charge in [0.05, 0.1) is 13.2 Å². The first-order valence-electron chi connectivity index (χ1n) is 4.23. The van der Waals surface area contributed by atoms with Gasteiger partial charge in [0.1, 0.15) is 0 Å². The smallest absolute Gasteiger partial charge is 0.0565 e. The van der Waals surface area contributed by atoms with E-state index < -0.39 is 0 Å². The molecule has 0 aromatic rings. The molecule has 0 amide bonds. The summed E-state index contributed by atoms with van der Waals surface area (Å²) in [5.74, 6) is 0.898. The second-order valence-corrected chi connectivity index (χ2v) is 4.00. The molecule has 3 N–H and O–H groups in total. The lowest BCUT2D eigenvalue weighted by molar-refractivity contribution is 0.218. The van der Waals surface area contributed by atoms with Crippen LogP contribution < -0.4 is 5.73 Å². The Morgan fingerprint density at radius 2 is 2.25 bits per heavy atom. The van der Waals surface area contributed by atoms with E-state index in [1.165, 1.54) is 0 Å². The number of aliphatic hydroxyl groups excluding tert-OH is 1. The molecule has 2 atom stereocenters. The maximum Gasteiger partial charge on any atom is 0.0565 e. The molecule has 0 heterocycles. The van der Waals surface area contributed by atoms with Crippen molar-refractivity contribution in [2.24, 2.45) is 5.73 Å². The Hall–Kier alpha value is 0.230. The van der Waals surface area contributed by atoms with Crippen molar-refractivity contribution >= 4 is 11.8 Å². The maximum absolute atomic E-state index is 8.99. The molecule has 0 aliphatic carbocycles. The molecule has 0 radical (unpaired) electrons. The summed E-state index contributed by atoms with van der Waals surface area (Å²) < 4.78 is 4.91. The number of rotatable bonds is 7. The molecule has 3 nitrogen and oxygen atoms in total. The van der Waals surface area contributed by atoms with Crippen LogP contribution in [0.2, 0.25) is 0 Å². The van der Waals surface area contributed by atoms with Gasteiger partial charge in [-0.15, -0.1) is 0 Å². The molecule has 12 heavy (non-hydrogen) atoms. The third kappa shape index (κ3) is 4.98. The van der Waals surface area contributed by atoms with Crippen molar-refractivity contribution in [3.8, 4) is 0 Å². The zero-order valence-corrected chi connectivity index (χ0v) is 8.64. The van der Waals surface area contributed by atoms with E-state index >= 15 is 0 Å². The van der Waals surface area contributed by atoms with Crippen LogP contribution in [0.15, 0.2) is 0 Å². The third-order valence-electron chi connectivity index (χ3n) is 1.75. The van der Waals surface area contributed by atoms with E-state index in [2.05, 4.69) is 0 Å². The summed E-state index contributed by atoms with van der Waals surface area (Å²) in [4.78, 5) is 0. The summed E-state index contributed by atoms with van der Waals surface area (Å²) in [5, 5.41) is 9.14. The molecule has 0 saturated carbocycles. The van der Waals surface area contributed by atoms with Gasteiger partial charge in [0.25, 0.3) is 0 Å². The average Bonchev–Trinajstić information content (AvgIpc) is 2.11. The van der Waals surface area contributed by atoms with E-state index in [0.29, 0.717) is 0 Å². The van der Waals surface area contributed by atoms with Gasteiger partial charge in [0, 0.05) is 24.2 Å². The first kappa shape index (κ1) is 12.2. The van der Waals surface area contributed by atoms with Crippen LogP contribution in [0.25, 0.3) is 0 Å². The van der Waals surface area contributed by atoms with Crippen molar-refractivity contribution in [2.45, 2.75) is 24.6 Å². The fourth-order valence-electron chi connectivity index (χ4n) is 0.857. The summed E-state index contributed by atoms with van der Waals surface area (Å²) in [6, 6.07) is 0.0943. The number of hydrogen-bond acceptors (Lipinski definition) is 4. The first-order valence-corrected chi connectivity index (χ1v) is 5.28. The molecule has 0 aromatic carbocycles. The fraction of sp³-hybridized carbons (Fsp3) is 1.00. The van der Waals surface area contributed by atoms with E-state index in [4.69, 9.17) is 15.6 Å². The monoisotopic (exact) mass is 193 g/mol. The van der Waals surface area contributed by atoms with E-state index in [-0.39, 0.29) is 17.9 Å². The Bertz CT molecular complexity index is 103. The predicted octanol–water partition coefficient (Wildman–Crippen LogP) is 0.464. The summed E-state index contributed by atoms with van der Waals surface area (Å²) >= 11 is 1.68. The number of methoxy groups -OCH3 is 1. The average molecular weight is 193 g/mol. The Morgan fingerprint density at radius 1 is 1.58 bits per heavy atom. The standard InChI is InChI=1S/C8H19NO2S/c1-3-7(9)8(6-10)12-5-4-11-2/h7-8,10H,3-6,9H2,1-2H3. The molecule has 2 unspecified atom stereocenters. The molecule has 0 rings (SSSR count). The lowest BCUT2D eigenvalue weighted by Crippen LogP contribution is -2.34. The largest absolute Gasteiger partial charge is 0.395 e. The van der Waals surface area contributed by atoms with Crippen LogP contribution in [0.1, 0.15) is 13.3 Å². The van der Waals surface area contributed by atoms with Crippen molar-refractivity contribution in [1.29, 1.82) is 0 Å². The summed E-state index contributed by atoms with van der Waals surface area (Å²) in [6.07, 6.45) is 0.908. The number of nitrogens with two attached hydrogens (primary N) is 1. The normalized spacial score (nSPS) is 16.0. The lowest BCUT2D eigenvalue weighted by Gasteiger charge is -2.19. The number of aliphatic hydroxyl groups is 1. The summed E-state index contributed by atoms with van der Waals surface area (Å²) in [5.41, 5.74) is 5.79. The van der Waals surface area contributed by atoms with Gasteiger partial charge in [-0.1, -0.05) is 6.92 Å². The van der Waals surface area contributed by atoms with Gasteiger partial charge >= 0.3 is 0 Å². The minimum atomic E-state index is 0.0943. The van der Waals surface area contributed by atoms with Crippen LogP contribution in [0.3, 0.4) is 0 Å². The molecule has 0 fully saturated rings. The van der Waals surface area contributed by atoms with Gasteiger partial charge in [-0.25, -0.2) is 0 Å². The molecular weight excluding hydrogens is 174 g/mol. The number of ether oxygens (including phenoxy) is 1. The van der Waals surface area contributed by atoms with Crippen molar-refractivity contribution in [1.82, 2.24) is 0 Å². The zero-order chi connectivity index (χ0) is 9.40. The van der Waals surface area contributed by atoms with Gasteiger partial charge < -0.3 is 15.6 Å². The zero-order valence-electron chi connectivity index (χ0n) is 7.82. The highest BCUT2D eigenvalue weighted by atomic mass is 32.2. The molecule has 74 valence electrons. The predicted molar refractivity (Wildman–Crippen MR) is 53.5 cm³/mol. The van der Waals surface area contributed by atoms with Crippen LogP contribution in [-0.4, -0.2) is 42.5 Å². The third-order valence-corrected chi connectivity index (χ3v) is 3.08. The molecule has 0 aromatic heterocycles. The van der Waals surface area contributed by atoms with Gasteiger partial charge in [-0.05, 0) is 6.42 Å². The first-order chi connectivity index (χ1) is 5.76. The van der Waals surface area contributed by atoms with Crippen molar-refractivity contribution in [2.75, 3.05) is 26.1 Å². The van der Waals surface area contributed by atoms with Crippen LogP contribution in [0.5, 0.6) is 0 Å². The van der Waals surface area contributed by atoms with Crippen molar-refractivity contribution in [3.63, 3.8) is 0 Å².